The summed E-state index contributed by atoms with van der Waals surface area (Å²) in [5, 5.41) is 4.00. The van der Waals surface area contributed by atoms with E-state index in [4.69, 9.17) is 0 Å². The molecule has 0 heterocycles. The normalized spacial score (nSPS) is 30.0. The van der Waals surface area contributed by atoms with Gasteiger partial charge in [-0.1, -0.05) is 51.0 Å². The molecule has 1 N–H and O–H groups in total. The molecule has 1 aromatic carbocycles. The lowest BCUT2D eigenvalue weighted by Gasteiger charge is -2.29. The first-order valence-electron chi connectivity index (χ1n) is 9.05. The maximum absolute atomic E-state index is 4.00. The summed E-state index contributed by atoms with van der Waals surface area (Å²) in [5.74, 6) is 1.83. The van der Waals surface area contributed by atoms with Crippen LogP contribution in [0.1, 0.15) is 63.5 Å². The van der Waals surface area contributed by atoms with E-state index in [2.05, 4.69) is 43.4 Å². The highest BCUT2D eigenvalue weighted by molar-refractivity contribution is 5.30. The minimum absolute atomic E-state index is 0.709. The van der Waals surface area contributed by atoms with Gasteiger partial charge in [0, 0.05) is 12.1 Å². The summed E-state index contributed by atoms with van der Waals surface area (Å²) in [6, 6.07) is 10.5. The highest BCUT2D eigenvalue weighted by Gasteiger charge is 2.24. The fourth-order valence-corrected chi connectivity index (χ4v) is 4.34. The highest BCUT2D eigenvalue weighted by atomic mass is 14.9. The van der Waals surface area contributed by atoms with E-state index in [0.717, 1.165) is 17.9 Å². The van der Waals surface area contributed by atoms with Gasteiger partial charge >= 0.3 is 0 Å². The lowest BCUT2D eigenvalue weighted by Crippen LogP contribution is -2.41. The molecular formula is C20H31N. The molecule has 1 fully saturated rings. The van der Waals surface area contributed by atoms with E-state index < -0.39 is 0 Å². The minimum Gasteiger partial charge on any atom is -0.311 e. The largest absolute Gasteiger partial charge is 0.311 e. The molecule has 1 heteroatoms. The number of hydrogen-bond acceptors (Lipinski definition) is 1. The topological polar surface area (TPSA) is 12.0 Å². The zero-order valence-electron chi connectivity index (χ0n) is 13.8. The van der Waals surface area contributed by atoms with Gasteiger partial charge in [0.2, 0.25) is 0 Å². The first-order chi connectivity index (χ1) is 10.2. The van der Waals surface area contributed by atoms with Gasteiger partial charge < -0.3 is 5.32 Å². The Balaban J connectivity index is 1.53. The molecule has 2 aliphatic rings. The van der Waals surface area contributed by atoms with Crippen molar-refractivity contribution in [3.63, 3.8) is 0 Å². The summed E-state index contributed by atoms with van der Waals surface area (Å²) in [5.41, 5.74) is 3.16. The van der Waals surface area contributed by atoms with Gasteiger partial charge in [0.15, 0.2) is 0 Å². The van der Waals surface area contributed by atoms with Crippen LogP contribution in [-0.4, -0.2) is 12.1 Å². The maximum atomic E-state index is 4.00. The second-order valence-electron chi connectivity index (χ2n) is 7.58. The molecule has 0 aliphatic heterocycles. The molecule has 21 heavy (non-hydrogen) atoms. The van der Waals surface area contributed by atoms with Crippen LogP contribution in [0, 0.1) is 11.8 Å². The van der Waals surface area contributed by atoms with Crippen molar-refractivity contribution in [1.29, 1.82) is 0 Å². The van der Waals surface area contributed by atoms with Crippen molar-refractivity contribution in [2.24, 2.45) is 11.8 Å². The van der Waals surface area contributed by atoms with Crippen molar-refractivity contribution in [3.05, 3.63) is 35.4 Å². The van der Waals surface area contributed by atoms with E-state index >= 15 is 0 Å². The van der Waals surface area contributed by atoms with Gasteiger partial charge in [-0.15, -0.1) is 0 Å². The van der Waals surface area contributed by atoms with Crippen LogP contribution in [0.5, 0.6) is 0 Å². The second-order valence-corrected chi connectivity index (χ2v) is 7.58. The van der Waals surface area contributed by atoms with E-state index in [-0.39, 0.29) is 0 Å². The zero-order valence-corrected chi connectivity index (χ0v) is 13.8. The SMILES string of the molecule is CC(C)C1CCCC(NC2CCc3ccccc3C2)CC1. The molecule has 0 bridgehead atoms. The number of nitrogens with one attached hydrogen (secondary N) is 1. The van der Waals surface area contributed by atoms with E-state index in [1.54, 1.807) is 11.1 Å². The number of hydrogen-bond donors (Lipinski definition) is 1. The van der Waals surface area contributed by atoms with Gasteiger partial charge in [-0.05, 0) is 61.5 Å². The fourth-order valence-electron chi connectivity index (χ4n) is 4.34. The third-order valence-electron chi connectivity index (χ3n) is 5.77. The molecule has 2 aliphatic carbocycles. The predicted octanol–water partition coefficient (Wildman–Crippen LogP) is 4.74. The van der Waals surface area contributed by atoms with Crippen molar-refractivity contribution in [1.82, 2.24) is 5.32 Å². The summed E-state index contributed by atoms with van der Waals surface area (Å²) in [6.45, 7) is 4.80. The van der Waals surface area contributed by atoms with Crippen LogP contribution in [0.2, 0.25) is 0 Å². The second kappa shape index (κ2) is 6.96. The molecule has 0 spiro atoms. The third-order valence-corrected chi connectivity index (χ3v) is 5.77. The van der Waals surface area contributed by atoms with Crippen LogP contribution in [-0.2, 0) is 12.8 Å². The summed E-state index contributed by atoms with van der Waals surface area (Å²) < 4.78 is 0. The van der Waals surface area contributed by atoms with E-state index in [1.807, 2.05) is 0 Å². The lowest BCUT2D eigenvalue weighted by atomic mass is 9.87. The number of benzene rings is 1. The van der Waals surface area contributed by atoms with Crippen LogP contribution in [0.25, 0.3) is 0 Å². The minimum atomic E-state index is 0.709. The number of aryl methyl sites for hydroxylation is 1. The molecule has 0 radical (unpaired) electrons. The molecule has 1 aromatic rings. The van der Waals surface area contributed by atoms with Gasteiger partial charge in [-0.3, -0.25) is 0 Å². The smallest absolute Gasteiger partial charge is 0.0113 e. The monoisotopic (exact) mass is 285 g/mol. The van der Waals surface area contributed by atoms with Crippen molar-refractivity contribution in [2.45, 2.75) is 77.3 Å². The Morgan fingerprint density at radius 3 is 2.52 bits per heavy atom. The molecular weight excluding hydrogens is 254 g/mol. The van der Waals surface area contributed by atoms with E-state index in [0.29, 0.717) is 6.04 Å². The standard InChI is InChI=1S/C20H31N/c1-15(2)16-8-5-9-19(12-10-16)21-20-13-11-17-6-3-4-7-18(17)14-20/h3-4,6-7,15-16,19-21H,5,8-14H2,1-2H3. The molecule has 0 amide bonds. The van der Waals surface area contributed by atoms with Crippen molar-refractivity contribution in [3.8, 4) is 0 Å². The van der Waals surface area contributed by atoms with Crippen molar-refractivity contribution >= 4 is 0 Å². The molecule has 3 rings (SSSR count). The fraction of sp³-hybridized carbons (Fsp3) is 0.700. The Morgan fingerprint density at radius 1 is 0.905 bits per heavy atom. The first kappa shape index (κ1) is 15.1. The molecule has 0 saturated heterocycles. The Hall–Kier alpha value is -0.820. The average molecular weight is 285 g/mol. The molecule has 0 aromatic heterocycles. The van der Waals surface area contributed by atoms with Crippen molar-refractivity contribution in [2.75, 3.05) is 0 Å². The van der Waals surface area contributed by atoms with Gasteiger partial charge in [-0.2, -0.15) is 0 Å². The Morgan fingerprint density at radius 2 is 1.71 bits per heavy atom. The summed E-state index contributed by atoms with van der Waals surface area (Å²) in [4.78, 5) is 0. The number of rotatable bonds is 3. The summed E-state index contributed by atoms with van der Waals surface area (Å²) in [6.07, 6.45) is 10.9. The summed E-state index contributed by atoms with van der Waals surface area (Å²) >= 11 is 0. The van der Waals surface area contributed by atoms with Crippen LogP contribution in [0.4, 0.5) is 0 Å². The predicted molar refractivity (Wildman–Crippen MR) is 90.6 cm³/mol. The molecule has 1 nitrogen and oxygen atoms in total. The van der Waals surface area contributed by atoms with Crippen LogP contribution >= 0.6 is 0 Å². The van der Waals surface area contributed by atoms with Crippen molar-refractivity contribution < 1.29 is 0 Å². The quantitative estimate of drug-likeness (QED) is 0.791. The lowest BCUT2D eigenvalue weighted by molar-refractivity contribution is 0.329. The highest BCUT2D eigenvalue weighted by Crippen LogP contribution is 2.30. The van der Waals surface area contributed by atoms with Gasteiger partial charge in [0.05, 0.1) is 0 Å². The van der Waals surface area contributed by atoms with E-state index in [9.17, 15) is 0 Å². The summed E-state index contributed by atoms with van der Waals surface area (Å²) in [7, 11) is 0. The van der Waals surface area contributed by atoms with Gasteiger partial charge in [0.1, 0.15) is 0 Å². The Kier molecular flexibility index (Phi) is 5.00. The van der Waals surface area contributed by atoms with Gasteiger partial charge in [0.25, 0.3) is 0 Å². The van der Waals surface area contributed by atoms with E-state index in [1.165, 1.54) is 51.4 Å². The molecule has 3 atom stereocenters. The average Bonchev–Trinajstić information content (AvgIpc) is 2.73. The third kappa shape index (κ3) is 3.88. The number of fused-ring (bicyclic) bond motifs is 1. The maximum Gasteiger partial charge on any atom is 0.0113 e. The molecule has 1 saturated carbocycles. The Labute approximate surface area is 130 Å². The van der Waals surface area contributed by atoms with Crippen LogP contribution in [0.3, 0.4) is 0 Å². The van der Waals surface area contributed by atoms with Crippen LogP contribution < -0.4 is 5.32 Å². The van der Waals surface area contributed by atoms with Gasteiger partial charge in [-0.25, -0.2) is 0 Å². The Bertz CT molecular complexity index is 451. The first-order valence-corrected chi connectivity index (χ1v) is 9.05. The molecule has 3 unspecified atom stereocenters. The zero-order chi connectivity index (χ0) is 14.7. The molecule has 116 valence electrons. The van der Waals surface area contributed by atoms with Crippen LogP contribution in [0.15, 0.2) is 24.3 Å².